The first-order chi connectivity index (χ1) is 16.5. The predicted octanol–water partition coefficient (Wildman–Crippen LogP) is 4.10. The number of halogens is 1. The number of para-hydroxylation sites is 1. The number of nitrogens with one attached hydrogen (secondary N) is 1. The van der Waals surface area contributed by atoms with Gasteiger partial charge in [-0.2, -0.15) is 0 Å². The summed E-state index contributed by atoms with van der Waals surface area (Å²) >= 11 is 1.18. The Hall–Kier alpha value is -3.85. The number of rotatable bonds is 9. The topological polar surface area (TPSA) is 95.1 Å². The maximum atomic E-state index is 13.8. The summed E-state index contributed by atoms with van der Waals surface area (Å²) in [5.74, 6) is 5.86. The third kappa shape index (κ3) is 5.55. The minimum atomic E-state index is -0.498. The first-order valence-electron chi connectivity index (χ1n) is 10.7. The molecule has 0 radical (unpaired) electrons. The van der Waals surface area contributed by atoms with Crippen LogP contribution in [0, 0.1) is 5.82 Å². The Morgan fingerprint density at radius 2 is 1.59 bits per heavy atom. The lowest BCUT2D eigenvalue weighted by molar-refractivity contribution is -0.120. The quantitative estimate of drug-likeness (QED) is 0.278. The monoisotopic (exact) mass is 477 g/mol. The van der Waals surface area contributed by atoms with Crippen molar-refractivity contribution in [2.24, 2.45) is 0 Å². The summed E-state index contributed by atoms with van der Waals surface area (Å²) in [6.45, 7) is 1.72. The molecule has 34 heavy (non-hydrogen) atoms. The highest BCUT2D eigenvalue weighted by Gasteiger charge is 2.23. The van der Waals surface area contributed by atoms with Gasteiger partial charge in [-0.3, -0.25) is 4.79 Å². The van der Waals surface area contributed by atoms with Crippen LogP contribution in [0.4, 0.5) is 4.39 Å². The molecule has 7 nitrogen and oxygen atoms in total. The van der Waals surface area contributed by atoms with E-state index in [2.05, 4.69) is 15.5 Å². The van der Waals surface area contributed by atoms with Crippen LogP contribution in [-0.4, -0.2) is 26.0 Å². The fraction of sp³-hybridized carbons (Fsp3) is 0.160. The Morgan fingerprint density at radius 3 is 2.21 bits per heavy atom. The van der Waals surface area contributed by atoms with E-state index in [-0.39, 0.29) is 24.3 Å². The Balaban J connectivity index is 1.42. The molecule has 0 fully saturated rings. The number of hydrogen-bond donors (Lipinski definition) is 2. The van der Waals surface area contributed by atoms with E-state index >= 15 is 0 Å². The molecule has 0 aliphatic rings. The highest BCUT2D eigenvalue weighted by Crippen LogP contribution is 2.25. The molecule has 3 aromatic carbocycles. The van der Waals surface area contributed by atoms with Crippen LogP contribution in [0.15, 0.2) is 90.1 Å². The van der Waals surface area contributed by atoms with Crippen molar-refractivity contribution in [2.75, 3.05) is 5.84 Å². The molecule has 174 valence electrons. The lowest BCUT2D eigenvalue weighted by atomic mass is 9.98. The summed E-state index contributed by atoms with van der Waals surface area (Å²) in [6.07, 6.45) is 0. The Kier molecular flexibility index (Phi) is 7.44. The van der Waals surface area contributed by atoms with Gasteiger partial charge in [0.1, 0.15) is 6.61 Å². The molecule has 0 aliphatic carbocycles. The van der Waals surface area contributed by atoms with Crippen LogP contribution in [0.3, 0.4) is 0 Å². The van der Waals surface area contributed by atoms with Crippen molar-refractivity contribution in [3.8, 4) is 5.75 Å². The van der Waals surface area contributed by atoms with Crippen LogP contribution in [0.1, 0.15) is 29.9 Å². The summed E-state index contributed by atoms with van der Waals surface area (Å²) in [6, 6.07) is 25.3. The summed E-state index contributed by atoms with van der Waals surface area (Å²) in [5.41, 5.74) is 1.96. The van der Waals surface area contributed by atoms with Gasteiger partial charge in [0.15, 0.2) is 17.4 Å². The molecule has 1 atom stereocenters. The van der Waals surface area contributed by atoms with Gasteiger partial charge in [0, 0.05) is 0 Å². The Labute approximate surface area is 201 Å². The average molecular weight is 478 g/mol. The molecule has 9 heteroatoms. The van der Waals surface area contributed by atoms with E-state index < -0.39 is 11.1 Å². The minimum Gasteiger partial charge on any atom is -0.482 e. The fourth-order valence-corrected chi connectivity index (χ4v) is 4.11. The van der Waals surface area contributed by atoms with E-state index in [1.54, 1.807) is 19.1 Å². The molecular weight excluding hydrogens is 453 g/mol. The van der Waals surface area contributed by atoms with Crippen molar-refractivity contribution in [3.63, 3.8) is 0 Å². The van der Waals surface area contributed by atoms with E-state index in [1.165, 1.54) is 28.6 Å². The van der Waals surface area contributed by atoms with Crippen molar-refractivity contribution in [1.82, 2.24) is 20.2 Å². The predicted molar refractivity (Wildman–Crippen MR) is 129 cm³/mol. The molecule has 0 aliphatic heterocycles. The number of carbonyl (C=O) groups is 1. The molecule has 0 spiro atoms. The molecule has 0 bridgehead atoms. The zero-order chi connectivity index (χ0) is 23.9. The van der Waals surface area contributed by atoms with Crippen LogP contribution in [-0.2, 0) is 11.4 Å². The number of benzene rings is 3. The number of carbonyl (C=O) groups excluding carboxylic acids is 1. The maximum Gasteiger partial charge on any atom is 0.234 e. The van der Waals surface area contributed by atoms with E-state index in [1.807, 2.05) is 60.7 Å². The number of thioether (sulfide) groups is 1. The number of hydrogen-bond acceptors (Lipinski definition) is 6. The zero-order valence-corrected chi connectivity index (χ0v) is 19.3. The third-order valence-corrected chi connectivity index (χ3v) is 6.19. The number of nitrogens with zero attached hydrogens (tertiary/aromatic N) is 3. The Bertz CT molecular complexity index is 1200. The average Bonchev–Trinajstić information content (AvgIpc) is 3.21. The van der Waals surface area contributed by atoms with E-state index in [4.69, 9.17) is 10.6 Å². The first-order valence-corrected chi connectivity index (χ1v) is 11.5. The lowest BCUT2D eigenvalue weighted by Crippen LogP contribution is -2.35. The number of amides is 1. The van der Waals surface area contributed by atoms with Crippen molar-refractivity contribution < 1.29 is 13.9 Å². The molecular formula is C25H24FN5O2S. The van der Waals surface area contributed by atoms with Crippen molar-refractivity contribution in [1.29, 1.82) is 0 Å². The van der Waals surface area contributed by atoms with Gasteiger partial charge < -0.3 is 15.9 Å². The third-order valence-electron chi connectivity index (χ3n) is 5.13. The SMILES string of the molecule is CC(Sc1nnc(COc2ccccc2F)n1N)C(=O)NC(c1ccccc1)c1ccccc1. The van der Waals surface area contributed by atoms with E-state index in [9.17, 15) is 9.18 Å². The molecule has 3 N–H and O–H groups in total. The standard InChI is InChI=1S/C25H24FN5O2S/c1-17(24(32)28-23(18-10-4-2-5-11-18)19-12-6-3-7-13-19)34-25-30-29-22(31(25)27)16-33-21-15-9-8-14-20(21)26/h2-15,17,23H,16,27H2,1H3,(H,28,32). The van der Waals surface area contributed by atoms with E-state index in [0.717, 1.165) is 11.1 Å². The van der Waals surface area contributed by atoms with E-state index in [0.29, 0.717) is 11.0 Å². The van der Waals surface area contributed by atoms with Gasteiger partial charge in [0.2, 0.25) is 11.1 Å². The van der Waals surface area contributed by atoms with Crippen LogP contribution in [0.2, 0.25) is 0 Å². The van der Waals surface area contributed by atoms with Crippen molar-refractivity contribution in [2.45, 2.75) is 30.0 Å². The summed E-state index contributed by atoms with van der Waals surface area (Å²) in [4.78, 5) is 13.1. The molecule has 1 unspecified atom stereocenters. The van der Waals surface area contributed by atoms with Crippen molar-refractivity contribution >= 4 is 17.7 Å². The number of ether oxygens (including phenoxy) is 1. The minimum absolute atomic E-state index is 0.0599. The van der Waals surface area contributed by atoms with Crippen molar-refractivity contribution in [3.05, 3.63) is 108 Å². The molecule has 0 saturated carbocycles. The Morgan fingerprint density at radius 1 is 1.00 bits per heavy atom. The summed E-state index contributed by atoms with van der Waals surface area (Å²) in [5, 5.41) is 11.1. The van der Waals surface area contributed by atoms with Gasteiger partial charge in [-0.05, 0) is 30.2 Å². The molecule has 1 heterocycles. The largest absolute Gasteiger partial charge is 0.482 e. The van der Waals surface area contributed by atoms with Gasteiger partial charge in [-0.15, -0.1) is 10.2 Å². The van der Waals surface area contributed by atoms with Gasteiger partial charge in [0.25, 0.3) is 0 Å². The molecule has 0 saturated heterocycles. The second kappa shape index (κ2) is 10.8. The van der Waals surface area contributed by atoms with Crippen LogP contribution >= 0.6 is 11.8 Å². The molecule has 1 aromatic heterocycles. The smallest absolute Gasteiger partial charge is 0.234 e. The molecule has 1 amide bonds. The molecule has 4 aromatic rings. The van der Waals surface area contributed by atoms with Gasteiger partial charge in [-0.1, -0.05) is 84.6 Å². The molecule has 4 rings (SSSR count). The number of nitrogens with two attached hydrogens (primary N) is 1. The summed E-state index contributed by atoms with van der Waals surface area (Å²) < 4.78 is 20.5. The van der Waals surface area contributed by atoms with Gasteiger partial charge in [-0.25, -0.2) is 9.07 Å². The normalized spacial score (nSPS) is 11.9. The van der Waals surface area contributed by atoms with Crippen LogP contribution in [0.5, 0.6) is 5.75 Å². The van der Waals surface area contributed by atoms with Gasteiger partial charge >= 0.3 is 0 Å². The highest BCUT2D eigenvalue weighted by atomic mass is 32.2. The number of aromatic nitrogens is 3. The number of nitrogen functional groups attached to an aromatic ring is 1. The van der Waals surface area contributed by atoms with Crippen LogP contribution < -0.4 is 15.9 Å². The first kappa shape index (κ1) is 23.3. The second-order valence-electron chi connectivity index (χ2n) is 7.51. The highest BCUT2D eigenvalue weighted by molar-refractivity contribution is 8.00. The summed E-state index contributed by atoms with van der Waals surface area (Å²) in [7, 11) is 0. The second-order valence-corrected chi connectivity index (χ2v) is 8.82. The zero-order valence-electron chi connectivity index (χ0n) is 18.5. The lowest BCUT2D eigenvalue weighted by Gasteiger charge is -2.22. The fourth-order valence-electron chi connectivity index (χ4n) is 3.31. The van der Waals surface area contributed by atoms with Gasteiger partial charge in [0.05, 0.1) is 11.3 Å². The maximum absolute atomic E-state index is 13.8. The van der Waals surface area contributed by atoms with Crippen LogP contribution in [0.25, 0.3) is 0 Å².